The molecule has 0 unspecified atom stereocenters. The number of amides is 2. The number of anilines is 1. The van der Waals surface area contributed by atoms with E-state index in [-0.39, 0.29) is 5.69 Å². The Morgan fingerprint density at radius 1 is 1.00 bits per heavy atom. The molecule has 1 aromatic heterocycles. The zero-order valence-electron chi connectivity index (χ0n) is 17.8. The molecule has 0 saturated heterocycles. The molecular formula is C26H21F2N3OS. The van der Waals surface area contributed by atoms with Gasteiger partial charge in [0.15, 0.2) is 0 Å². The van der Waals surface area contributed by atoms with E-state index in [0.29, 0.717) is 6.54 Å². The van der Waals surface area contributed by atoms with Crippen LogP contribution in [0.5, 0.6) is 0 Å². The molecule has 0 radical (unpaired) electrons. The molecule has 0 fully saturated rings. The van der Waals surface area contributed by atoms with Gasteiger partial charge >= 0.3 is 6.03 Å². The van der Waals surface area contributed by atoms with Crippen LogP contribution >= 0.6 is 11.8 Å². The van der Waals surface area contributed by atoms with E-state index in [9.17, 15) is 13.6 Å². The number of para-hydroxylation sites is 1. The summed E-state index contributed by atoms with van der Waals surface area (Å²) >= 11 is 1.65. The number of benzene rings is 3. The summed E-state index contributed by atoms with van der Waals surface area (Å²) in [5, 5.41) is 2.64. The number of halogens is 2. The van der Waals surface area contributed by atoms with Gasteiger partial charge in [0.25, 0.3) is 0 Å². The monoisotopic (exact) mass is 461 g/mol. The summed E-state index contributed by atoms with van der Waals surface area (Å²) in [6, 6.07) is 22.2. The summed E-state index contributed by atoms with van der Waals surface area (Å²) in [7, 11) is 0. The Bertz CT molecular complexity index is 1320. The summed E-state index contributed by atoms with van der Waals surface area (Å²) in [6.07, 6.45) is 4.00. The zero-order valence-corrected chi connectivity index (χ0v) is 18.7. The number of nitrogens with zero attached hydrogens (tertiary/aromatic N) is 2. The highest BCUT2D eigenvalue weighted by atomic mass is 32.2. The lowest BCUT2D eigenvalue weighted by atomic mass is 10.0. The summed E-state index contributed by atoms with van der Waals surface area (Å²) in [5.74, 6) is -1.51. The Kier molecular flexibility index (Phi) is 5.64. The van der Waals surface area contributed by atoms with Crippen LogP contribution in [0.4, 0.5) is 19.3 Å². The Morgan fingerprint density at radius 2 is 1.79 bits per heavy atom. The number of urea groups is 1. The molecule has 2 amide bonds. The Labute approximate surface area is 194 Å². The van der Waals surface area contributed by atoms with Crippen LogP contribution in [0.15, 0.2) is 90.0 Å². The molecule has 4 nitrogen and oxygen atoms in total. The van der Waals surface area contributed by atoms with Crippen molar-refractivity contribution in [3.63, 3.8) is 0 Å². The number of aromatic nitrogens is 1. The third-order valence-corrected chi connectivity index (χ3v) is 6.57. The van der Waals surface area contributed by atoms with E-state index >= 15 is 0 Å². The SMILES string of the molecule is CSc1ccc([C@@H]2c3cccn3-c3ccccc3CN2C(=O)Nc2ccc(F)cc2F)cc1. The van der Waals surface area contributed by atoms with Crippen LogP contribution < -0.4 is 5.32 Å². The van der Waals surface area contributed by atoms with Gasteiger partial charge in [0.1, 0.15) is 11.6 Å². The molecule has 0 aliphatic carbocycles. The van der Waals surface area contributed by atoms with Crippen LogP contribution in [0.2, 0.25) is 0 Å². The number of fused-ring (bicyclic) bond motifs is 3. The molecule has 5 rings (SSSR count). The van der Waals surface area contributed by atoms with Gasteiger partial charge in [-0.1, -0.05) is 30.3 Å². The van der Waals surface area contributed by atoms with Gasteiger partial charge in [0.05, 0.1) is 24.0 Å². The molecule has 0 saturated carbocycles. The fourth-order valence-corrected chi connectivity index (χ4v) is 4.66. The molecule has 33 heavy (non-hydrogen) atoms. The van der Waals surface area contributed by atoms with Crippen molar-refractivity contribution in [2.24, 2.45) is 0 Å². The highest BCUT2D eigenvalue weighted by Crippen LogP contribution is 2.37. The molecule has 3 aromatic carbocycles. The number of carbonyl (C=O) groups is 1. The van der Waals surface area contributed by atoms with E-state index in [1.807, 2.05) is 73.1 Å². The Balaban J connectivity index is 1.62. The maximum Gasteiger partial charge on any atom is 0.323 e. The first-order valence-corrected chi connectivity index (χ1v) is 11.7. The average Bonchev–Trinajstić information content (AvgIpc) is 3.25. The van der Waals surface area contributed by atoms with Crippen LogP contribution in [-0.2, 0) is 6.54 Å². The molecule has 4 aromatic rings. The molecular weight excluding hydrogens is 440 g/mol. The standard InChI is InChI=1S/C26H21F2N3OS/c1-33-20-11-8-17(9-12-20)25-24-7-4-14-30(24)23-6-3-2-5-18(23)16-31(25)26(32)29-22-13-10-19(27)15-21(22)28/h2-15,25H,16H2,1H3,(H,29,32)/t25-/m1/s1. The third kappa shape index (κ3) is 4.00. The highest BCUT2D eigenvalue weighted by Gasteiger charge is 2.33. The Morgan fingerprint density at radius 3 is 2.55 bits per heavy atom. The largest absolute Gasteiger partial charge is 0.323 e. The lowest BCUT2D eigenvalue weighted by Crippen LogP contribution is -2.38. The zero-order chi connectivity index (χ0) is 22.9. The lowest BCUT2D eigenvalue weighted by Gasteiger charge is -2.31. The van der Waals surface area contributed by atoms with E-state index in [1.54, 1.807) is 16.7 Å². The first kappa shape index (κ1) is 21.3. The van der Waals surface area contributed by atoms with Gasteiger partial charge in [-0.25, -0.2) is 13.6 Å². The molecule has 2 heterocycles. The van der Waals surface area contributed by atoms with Gasteiger partial charge in [0.2, 0.25) is 0 Å². The quantitative estimate of drug-likeness (QED) is 0.349. The predicted molar refractivity (Wildman–Crippen MR) is 127 cm³/mol. The van der Waals surface area contributed by atoms with Crippen LogP contribution in [-0.4, -0.2) is 21.8 Å². The van der Waals surface area contributed by atoms with Crippen molar-refractivity contribution < 1.29 is 13.6 Å². The molecule has 7 heteroatoms. The molecule has 1 atom stereocenters. The molecule has 1 N–H and O–H groups in total. The van der Waals surface area contributed by atoms with Crippen molar-refractivity contribution in [1.82, 2.24) is 9.47 Å². The van der Waals surface area contributed by atoms with Gasteiger partial charge < -0.3 is 14.8 Å². The van der Waals surface area contributed by atoms with E-state index < -0.39 is 23.7 Å². The normalized spacial score (nSPS) is 14.9. The fraction of sp³-hybridized carbons (Fsp3) is 0.115. The van der Waals surface area contributed by atoms with Crippen LogP contribution in [0.25, 0.3) is 5.69 Å². The number of hydrogen-bond acceptors (Lipinski definition) is 2. The van der Waals surface area contributed by atoms with Gasteiger partial charge in [-0.2, -0.15) is 0 Å². The second-order valence-corrected chi connectivity index (χ2v) is 8.67. The smallest absolute Gasteiger partial charge is 0.318 e. The van der Waals surface area contributed by atoms with Crippen molar-refractivity contribution in [3.05, 3.63) is 114 Å². The van der Waals surface area contributed by atoms with Crippen LogP contribution in [0, 0.1) is 11.6 Å². The first-order valence-electron chi connectivity index (χ1n) is 10.5. The number of nitrogens with one attached hydrogen (secondary N) is 1. The van der Waals surface area contributed by atoms with Crippen molar-refractivity contribution in [3.8, 4) is 5.69 Å². The van der Waals surface area contributed by atoms with Crippen molar-refractivity contribution in [2.45, 2.75) is 17.5 Å². The average molecular weight is 462 g/mol. The minimum Gasteiger partial charge on any atom is -0.318 e. The summed E-state index contributed by atoms with van der Waals surface area (Å²) in [5.41, 5.74) is 3.76. The lowest BCUT2D eigenvalue weighted by molar-refractivity contribution is 0.194. The molecule has 1 aliphatic heterocycles. The van der Waals surface area contributed by atoms with E-state index in [2.05, 4.69) is 9.88 Å². The van der Waals surface area contributed by atoms with Gasteiger partial charge in [0, 0.05) is 22.9 Å². The fourth-order valence-electron chi connectivity index (χ4n) is 4.25. The number of carbonyl (C=O) groups excluding carboxylic acids is 1. The minimum absolute atomic E-state index is 0.0641. The molecule has 1 aliphatic rings. The number of rotatable bonds is 3. The van der Waals surface area contributed by atoms with Crippen molar-refractivity contribution >= 4 is 23.5 Å². The number of thioether (sulfide) groups is 1. The summed E-state index contributed by atoms with van der Waals surface area (Å²) < 4.78 is 29.8. The van der Waals surface area contributed by atoms with Crippen molar-refractivity contribution in [2.75, 3.05) is 11.6 Å². The van der Waals surface area contributed by atoms with Crippen molar-refractivity contribution in [1.29, 1.82) is 0 Å². The predicted octanol–water partition coefficient (Wildman–Crippen LogP) is 6.61. The Hall–Kier alpha value is -3.58. The highest BCUT2D eigenvalue weighted by molar-refractivity contribution is 7.98. The van der Waals surface area contributed by atoms with E-state index in [0.717, 1.165) is 39.5 Å². The first-order chi connectivity index (χ1) is 16.0. The molecule has 166 valence electrons. The topological polar surface area (TPSA) is 37.3 Å². The second-order valence-electron chi connectivity index (χ2n) is 7.79. The summed E-state index contributed by atoms with van der Waals surface area (Å²) in [4.78, 5) is 16.4. The van der Waals surface area contributed by atoms with Crippen LogP contribution in [0.1, 0.15) is 22.9 Å². The second kappa shape index (κ2) is 8.75. The van der Waals surface area contributed by atoms with Gasteiger partial charge in [-0.15, -0.1) is 11.8 Å². The van der Waals surface area contributed by atoms with Gasteiger partial charge in [-0.05, 0) is 59.8 Å². The van der Waals surface area contributed by atoms with E-state index in [4.69, 9.17) is 0 Å². The third-order valence-electron chi connectivity index (χ3n) is 5.83. The van der Waals surface area contributed by atoms with Crippen LogP contribution in [0.3, 0.4) is 0 Å². The van der Waals surface area contributed by atoms with Gasteiger partial charge in [-0.3, -0.25) is 0 Å². The summed E-state index contributed by atoms with van der Waals surface area (Å²) in [6.45, 7) is 0.321. The minimum atomic E-state index is -0.817. The maximum atomic E-state index is 14.3. The number of hydrogen-bond donors (Lipinski definition) is 1. The molecule has 0 bridgehead atoms. The van der Waals surface area contributed by atoms with E-state index in [1.165, 1.54) is 6.07 Å². The molecule has 0 spiro atoms. The maximum absolute atomic E-state index is 14.3.